The average molecular weight is 288 g/mol. The molecule has 1 aromatic carbocycles. The van der Waals surface area contributed by atoms with E-state index >= 15 is 0 Å². The summed E-state index contributed by atoms with van der Waals surface area (Å²) >= 11 is 0. The number of hydrogen-bond acceptors (Lipinski definition) is 4. The maximum Gasteiger partial charge on any atom is 0.410 e. The Kier molecular flexibility index (Phi) is 3.92. The second-order valence-electron chi connectivity index (χ2n) is 5.84. The van der Waals surface area contributed by atoms with Crippen molar-refractivity contribution in [2.45, 2.75) is 19.4 Å². The first-order valence-corrected chi connectivity index (χ1v) is 7.39. The van der Waals surface area contributed by atoms with Gasteiger partial charge in [-0.3, -0.25) is 4.79 Å². The van der Waals surface area contributed by atoms with Crippen LogP contribution < -0.4 is 5.32 Å². The van der Waals surface area contributed by atoms with E-state index in [9.17, 15) is 9.59 Å². The average Bonchev–Trinajstić information content (AvgIpc) is 2.98. The summed E-state index contributed by atoms with van der Waals surface area (Å²) in [5, 5.41) is 3.23. The molecule has 0 aliphatic carbocycles. The molecule has 3 rings (SSSR count). The van der Waals surface area contributed by atoms with Gasteiger partial charge in [0.25, 0.3) is 0 Å². The van der Waals surface area contributed by atoms with Gasteiger partial charge in [0.1, 0.15) is 12.4 Å². The number of benzene rings is 1. The topological polar surface area (TPSA) is 58.6 Å². The van der Waals surface area contributed by atoms with E-state index in [1.807, 2.05) is 30.3 Å². The number of nitrogens with zero attached hydrogens (tertiary/aromatic N) is 1. The van der Waals surface area contributed by atoms with Crippen molar-refractivity contribution >= 4 is 11.9 Å². The van der Waals surface area contributed by atoms with Crippen molar-refractivity contribution in [2.75, 3.05) is 26.2 Å². The second kappa shape index (κ2) is 5.85. The number of piperidine rings is 1. The van der Waals surface area contributed by atoms with Crippen LogP contribution in [-0.2, 0) is 16.1 Å². The van der Waals surface area contributed by atoms with Crippen LogP contribution in [0.25, 0.3) is 0 Å². The van der Waals surface area contributed by atoms with Gasteiger partial charge in [-0.15, -0.1) is 0 Å². The van der Waals surface area contributed by atoms with E-state index in [4.69, 9.17) is 4.74 Å². The zero-order valence-corrected chi connectivity index (χ0v) is 12.0. The molecule has 0 saturated carbocycles. The van der Waals surface area contributed by atoms with Crippen LogP contribution in [0.2, 0.25) is 0 Å². The highest BCUT2D eigenvalue weighted by atomic mass is 16.6. The van der Waals surface area contributed by atoms with Crippen LogP contribution >= 0.6 is 0 Å². The molecular weight excluding hydrogens is 268 g/mol. The molecule has 1 N–H and O–H groups in total. The van der Waals surface area contributed by atoms with Crippen molar-refractivity contribution in [3.63, 3.8) is 0 Å². The first-order valence-electron chi connectivity index (χ1n) is 7.39. The highest BCUT2D eigenvalue weighted by molar-refractivity contribution is 5.88. The number of hydrogen-bond donors (Lipinski definition) is 1. The lowest BCUT2D eigenvalue weighted by atomic mass is 9.78. The molecule has 2 aliphatic rings. The molecule has 1 amide bonds. The molecule has 1 unspecified atom stereocenters. The van der Waals surface area contributed by atoms with Crippen molar-refractivity contribution in [1.82, 2.24) is 10.2 Å². The molecule has 112 valence electrons. The number of rotatable bonds is 2. The quantitative estimate of drug-likeness (QED) is 0.897. The molecule has 1 aromatic rings. The number of Topliss-reactive ketones (excluding diaryl/α,β-unsaturated/α-hetero) is 1. The lowest BCUT2D eigenvalue weighted by Gasteiger charge is -2.37. The Labute approximate surface area is 124 Å². The molecule has 5 heteroatoms. The molecule has 0 aromatic heterocycles. The largest absolute Gasteiger partial charge is 0.445 e. The van der Waals surface area contributed by atoms with Crippen LogP contribution in [0.1, 0.15) is 18.4 Å². The molecular formula is C16H20N2O3. The minimum Gasteiger partial charge on any atom is -0.445 e. The van der Waals surface area contributed by atoms with Crippen molar-refractivity contribution < 1.29 is 14.3 Å². The van der Waals surface area contributed by atoms with Crippen LogP contribution in [0.5, 0.6) is 0 Å². The van der Waals surface area contributed by atoms with E-state index in [0.717, 1.165) is 18.5 Å². The van der Waals surface area contributed by atoms with Gasteiger partial charge in [0, 0.05) is 26.1 Å². The van der Waals surface area contributed by atoms with E-state index in [2.05, 4.69) is 5.32 Å². The van der Waals surface area contributed by atoms with Gasteiger partial charge in [0.05, 0.1) is 5.41 Å². The molecule has 5 nitrogen and oxygen atoms in total. The minimum atomic E-state index is -0.385. The monoisotopic (exact) mass is 288 g/mol. The van der Waals surface area contributed by atoms with Gasteiger partial charge in [0.15, 0.2) is 0 Å². The number of likely N-dealkylation sites (tertiary alicyclic amines) is 1. The van der Waals surface area contributed by atoms with Crippen LogP contribution in [0.4, 0.5) is 4.79 Å². The van der Waals surface area contributed by atoms with Crippen molar-refractivity contribution in [1.29, 1.82) is 0 Å². The summed E-state index contributed by atoms with van der Waals surface area (Å²) in [6, 6.07) is 9.62. The van der Waals surface area contributed by atoms with Gasteiger partial charge < -0.3 is 15.0 Å². The highest BCUT2D eigenvalue weighted by Gasteiger charge is 2.46. The lowest BCUT2D eigenvalue weighted by Crippen LogP contribution is -2.52. The molecule has 2 saturated heterocycles. The Morgan fingerprint density at radius 3 is 2.86 bits per heavy atom. The standard InChI is InChI=1S/C16H20N2O3/c19-14-6-9-18(12-16(14)7-8-17-11-16)15(20)21-10-13-4-2-1-3-5-13/h1-5,17H,6-12H2. The number of carbonyl (C=O) groups excluding carboxylic acids is 2. The number of nitrogens with one attached hydrogen (secondary N) is 1. The Hall–Kier alpha value is -1.88. The van der Waals surface area contributed by atoms with Gasteiger partial charge in [-0.2, -0.15) is 0 Å². The maximum atomic E-state index is 12.2. The number of amides is 1. The Balaban J connectivity index is 1.59. The lowest BCUT2D eigenvalue weighted by molar-refractivity contribution is -0.131. The van der Waals surface area contributed by atoms with Crippen molar-refractivity contribution in [2.24, 2.45) is 5.41 Å². The van der Waals surface area contributed by atoms with Gasteiger partial charge in [0.2, 0.25) is 0 Å². The van der Waals surface area contributed by atoms with Gasteiger partial charge in [-0.25, -0.2) is 4.79 Å². The van der Waals surface area contributed by atoms with E-state index < -0.39 is 0 Å². The number of carbonyl (C=O) groups is 2. The van der Waals surface area contributed by atoms with Crippen molar-refractivity contribution in [3.05, 3.63) is 35.9 Å². The first-order chi connectivity index (χ1) is 10.2. The fourth-order valence-electron chi connectivity index (χ4n) is 3.12. The molecule has 2 heterocycles. The summed E-state index contributed by atoms with van der Waals surface area (Å²) < 4.78 is 5.36. The molecule has 2 aliphatic heterocycles. The van der Waals surface area contributed by atoms with Gasteiger partial charge in [-0.1, -0.05) is 30.3 Å². The van der Waals surface area contributed by atoms with Crippen LogP contribution in [0.3, 0.4) is 0 Å². The predicted molar refractivity (Wildman–Crippen MR) is 77.7 cm³/mol. The summed E-state index contributed by atoms with van der Waals surface area (Å²) in [5.41, 5.74) is 0.584. The Bertz CT molecular complexity index is 524. The molecule has 0 bridgehead atoms. The van der Waals surface area contributed by atoms with Crippen LogP contribution in [0, 0.1) is 5.41 Å². The summed E-state index contributed by atoms with van der Waals surface area (Å²) in [7, 11) is 0. The summed E-state index contributed by atoms with van der Waals surface area (Å²) in [4.78, 5) is 26.0. The highest BCUT2D eigenvalue weighted by Crippen LogP contribution is 2.32. The third kappa shape index (κ3) is 2.93. The van der Waals surface area contributed by atoms with Gasteiger partial charge in [-0.05, 0) is 18.5 Å². The number of ether oxygens (including phenoxy) is 1. The summed E-state index contributed by atoms with van der Waals surface area (Å²) in [5.74, 6) is 0.277. The smallest absolute Gasteiger partial charge is 0.410 e. The van der Waals surface area contributed by atoms with Gasteiger partial charge >= 0.3 is 6.09 Å². The zero-order chi connectivity index (χ0) is 14.7. The molecule has 1 atom stereocenters. The molecule has 21 heavy (non-hydrogen) atoms. The number of ketones is 1. The SMILES string of the molecule is O=C(OCc1ccccc1)N1CCC(=O)C2(CCNC2)C1. The van der Waals surface area contributed by atoms with Crippen LogP contribution in [-0.4, -0.2) is 43.0 Å². The first kappa shape index (κ1) is 14.1. The summed E-state index contributed by atoms with van der Waals surface area (Å²) in [6.07, 6.45) is 0.925. The third-order valence-electron chi connectivity index (χ3n) is 4.40. The summed E-state index contributed by atoms with van der Waals surface area (Å²) in [6.45, 7) is 2.74. The predicted octanol–water partition coefficient (Wildman–Crippen LogP) is 1.58. The third-order valence-corrected chi connectivity index (χ3v) is 4.40. The molecule has 1 spiro atoms. The fraction of sp³-hybridized carbons (Fsp3) is 0.500. The Morgan fingerprint density at radius 1 is 1.33 bits per heavy atom. The zero-order valence-electron chi connectivity index (χ0n) is 12.0. The fourth-order valence-corrected chi connectivity index (χ4v) is 3.12. The second-order valence-corrected chi connectivity index (χ2v) is 5.84. The Morgan fingerprint density at radius 2 is 2.14 bits per heavy atom. The van der Waals surface area contributed by atoms with Crippen molar-refractivity contribution in [3.8, 4) is 0 Å². The van der Waals surface area contributed by atoms with E-state index in [0.29, 0.717) is 26.1 Å². The van der Waals surface area contributed by atoms with Crippen LogP contribution in [0.15, 0.2) is 30.3 Å². The molecule has 0 radical (unpaired) electrons. The van der Waals surface area contributed by atoms with E-state index in [1.54, 1.807) is 4.90 Å². The molecule has 2 fully saturated rings. The minimum absolute atomic E-state index is 0.273. The normalized spacial score (nSPS) is 25.3. The maximum absolute atomic E-state index is 12.2. The van der Waals surface area contributed by atoms with E-state index in [1.165, 1.54) is 0 Å². The van der Waals surface area contributed by atoms with E-state index in [-0.39, 0.29) is 23.9 Å².